The minimum absolute atomic E-state index is 0.108. The topological polar surface area (TPSA) is 98.5 Å². The largest absolute Gasteiger partial charge is 0.496 e. The minimum Gasteiger partial charge on any atom is -0.496 e. The molecule has 0 spiro atoms. The average Bonchev–Trinajstić information content (AvgIpc) is 3.27. The van der Waals surface area contributed by atoms with E-state index in [-0.39, 0.29) is 16.4 Å². The lowest BCUT2D eigenvalue weighted by Gasteiger charge is -2.13. The molecule has 21 heavy (non-hydrogen) atoms. The molecule has 1 aliphatic carbocycles. The number of carbonyl (C=O) groups is 1. The van der Waals surface area contributed by atoms with Gasteiger partial charge in [0.05, 0.1) is 17.6 Å². The van der Waals surface area contributed by atoms with Crippen molar-refractivity contribution in [3.05, 3.63) is 23.8 Å². The molecule has 0 aliphatic heterocycles. The van der Waals surface area contributed by atoms with Crippen molar-refractivity contribution in [3.8, 4) is 5.75 Å². The van der Waals surface area contributed by atoms with E-state index < -0.39 is 10.0 Å². The Balaban J connectivity index is 2.17. The van der Waals surface area contributed by atoms with Crippen LogP contribution in [0.25, 0.3) is 0 Å². The number of amides is 1. The van der Waals surface area contributed by atoms with E-state index in [9.17, 15) is 13.2 Å². The fourth-order valence-corrected chi connectivity index (χ4v) is 2.76. The number of hydrogen-bond donors (Lipinski definition) is 2. The number of carbonyl (C=O) groups excluding carboxylic acids is 1. The molecule has 2 rings (SSSR count). The first kappa shape index (κ1) is 15.8. The van der Waals surface area contributed by atoms with E-state index >= 15 is 0 Å². The lowest BCUT2D eigenvalue weighted by Crippen LogP contribution is -2.29. The van der Waals surface area contributed by atoms with E-state index in [0.717, 1.165) is 0 Å². The number of benzene rings is 1. The first-order chi connectivity index (χ1) is 9.82. The molecule has 0 saturated heterocycles. The third-order valence-electron chi connectivity index (χ3n) is 3.76. The second-order valence-corrected chi connectivity index (χ2v) is 6.99. The molecule has 0 heterocycles. The number of methoxy groups -OCH3 is 1. The van der Waals surface area contributed by atoms with Gasteiger partial charge in [0.25, 0.3) is 5.91 Å². The van der Waals surface area contributed by atoms with Crippen LogP contribution in [0.4, 0.5) is 0 Å². The SMILES string of the molecule is COc1ccc(S(N)(=O)=O)cc1C(=O)NCC(C)C1CC1. The maximum atomic E-state index is 12.2. The Kier molecular flexibility index (Phi) is 4.53. The van der Waals surface area contributed by atoms with E-state index in [1.165, 1.54) is 38.2 Å². The van der Waals surface area contributed by atoms with Crippen LogP contribution in [0.5, 0.6) is 5.75 Å². The Hall–Kier alpha value is -1.60. The number of nitrogens with one attached hydrogen (secondary N) is 1. The van der Waals surface area contributed by atoms with Gasteiger partial charge in [0.1, 0.15) is 5.75 Å². The summed E-state index contributed by atoms with van der Waals surface area (Å²) in [6.45, 7) is 2.65. The van der Waals surface area contributed by atoms with Crippen molar-refractivity contribution in [1.29, 1.82) is 0 Å². The molecular formula is C14H20N2O4S. The fourth-order valence-electron chi connectivity index (χ4n) is 2.22. The monoisotopic (exact) mass is 312 g/mol. The van der Waals surface area contributed by atoms with Crippen molar-refractivity contribution in [3.63, 3.8) is 0 Å². The Labute approximate surface area is 124 Å². The molecule has 0 aromatic heterocycles. The highest BCUT2D eigenvalue weighted by Crippen LogP contribution is 2.36. The van der Waals surface area contributed by atoms with Crippen LogP contribution in [-0.4, -0.2) is 28.0 Å². The van der Waals surface area contributed by atoms with E-state index in [1.807, 2.05) is 0 Å². The van der Waals surface area contributed by atoms with Gasteiger partial charge in [0.2, 0.25) is 10.0 Å². The average molecular weight is 312 g/mol. The third-order valence-corrected chi connectivity index (χ3v) is 4.67. The highest BCUT2D eigenvalue weighted by Gasteiger charge is 2.28. The lowest BCUT2D eigenvalue weighted by molar-refractivity contribution is 0.0943. The van der Waals surface area contributed by atoms with Crippen molar-refractivity contribution < 1.29 is 17.9 Å². The first-order valence-corrected chi connectivity index (χ1v) is 8.36. The summed E-state index contributed by atoms with van der Waals surface area (Å²) < 4.78 is 27.9. The van der Waals surface area contributed by atoms with Gasteiger partial charge in [-0.1, -0.05) is 6.92 Å². The molecule has 1 amide bonds. The zero-order valence-corrected chi connectivity index (χ0v) is 12.9. The molecular weight excluding hydrogens is 292 g/mol. The molecule has 0 bridgehead atoms. The van der Waals surface area contributed by atoms with Gasteiger partial charge in [-0.15, -0.1) is 0 Å². The molecule has 1 fully saturated rings. The molecule has 0 radical (unpaired) electrons. The molecule has 3 N–H and O–H groups in total. The predicted molar refractivity (Wildman–Crippen MR) is 78.6 cm³/mol. The molecule has 6 nitrogen and oxygen atoms in total. The summed E-state index contributed by atoms with van der Waals surface area (Å²) in [5, 5.41) is 7.91. The highest BCUT2D eigenvalue weighted by atomic mass is 32.2. The van der Waals surface area contributed by atoms with Gasteiger partial charge < -0.3 is 10.1 Å². The van der Waals surface area contributed by atoms with Gasteiger partial charge in [0.15, 0.2) is 0 Å². The number of ether oxygens (including phenoxy) is 1. The number of nitrogens with two attached hydrogens (primary N) is 1. The highest BCUT2D eigenvalue weighted by molar-refractivity contribution is 7.89. The zero-order valence-electron chi connectivity index (χ0n) is 12.1. The van der Waals surface area contributed by atoms with Crippen LogP contribution in [0, 0.1) is 11.8 Å². The summed E-state index contributed by atoms with van der Waals surface area (Å²) >= 11 is 0. The van der Waals surface area contributed by atoms with Crippen LogP contribution < -0.4 is 15.2 Å². The van der Waals surface area contributed by atoms with Crippen LogP contribution >= 0.6 is 0 Å². The van der Waals surface area contributed by atoms with Crippen LogP contribution in [0.1, 0.15) is 30.1 Å². The predicted octanol–water partition coefficient (Wildman–Crippen LogP) is 1.12. The standard InChI is InChI=1S/C14H20N2O4S/c1-9(10-3-4-10)8-16-14(17)12-7-11(21(15,18)19)5-6-13(12)20-2/h5-7,9-10H,3-4,8H2,1-2H3,(H,16,17)(H2,15,18,19). The van der Waals surface area contributed by atoms with Crippen molar-refractivity contribution in [2.75, 3.05) is 13.7 Å². The van der Waals surface area contributed by atoms with Crippen molar-refractivity contribution >= 4 is 15.9 Å². The molecule has 1 atom stereocenters. The van der Waals surface area contributed by atoms with E-state index in [0.29, 0.717) is 24.1 Å². The van der Waals surface area contributed by atoms with Crippen LogP contribution in [-0.2, 0) is 10.0 Å². The van der Waals surface area contributed by atoms with Gasteiger partial charge in [-0.05, 0) is 42.9 Å². The molecule has 116 valence electrons. The molecule has 7 heteroatoms. The number of hydrogen-bond acceptors (Lipinski definition) is 4. The van der Waals surface area contributed by atoms with Crippen molar-refractivity contribution in [1.82, 2.24) is 5.32 Å². The first-order valence-electron chi connectivity index (χ1n) is 6.82. The van der Waals surface area contributed by atoms with Gasteiger partial charge in [-0.3, -0.25) is 4.79 Å². The Bertz CT molecular complexity index is 638. The summed E-state index contributed by atoms with van der Waals surface area (Å²) in [4.78, 5) is 12.1. The fraction of sp³-hybridized carbons (Fsp3) is 0.500. The minimum atomic E-state index is -3.85. The quantitative estimate of drug-likeness (QED) is 0.822. The lowest BCUT2D eigenvalue weighted by atomic mass is 10.1. The summed E-state index contributed by atoms with van der Waals surface area (Å²) in [5.74, 6) is 1.06. The molecule has 1 aromatic rings. The van der Waals surface area contributed by atoms with Crippen molar-refractivity contribution in [2.45, 2.75) is 24.7 Å². The number of rotatable bonds is 6. The van der Waals surface area contributed by atoms with Gasteiger partial charge in [-0.25, -0.2) is 13.6 Å². The molecule has 1 aliphatic rings. The van der Waals surface area contributed by atoms with Crippen LogP contribution in [0.3, 0.4) is 0 Å². The smallest absolute Gasteiger partial charge is 0.255 e. The van der Waals surface area contributed by atoms with Crippen LogP contribution in [0.2, 0.25) is 0 Å². The summed E-state index contributed by atoms with van der Waals surface area (Å²) in [6, 6.07) is 3.99. The van der Waals surface area contributed by atoms with Crippen LogP contribution in [0.15, 0.2) is 23.1 Å². The van der Waals surface area contributed by atoms with Crippen molar-refractivity contribution in [2.24, 2.45) is 17.0 Å². The molecule has 1 aromatic carbocycles. The maximum absolute atomic E-state index is 12.2. The normalized spacial score (nSPS) is 16.3. The van der Waals surface area contributed by atoms with E-state index in [2.05, 4.69) is 12.2 Å². The Morgan fingerprint density at radius 3 is 2.67 bits per heavy atom. The molecule has 1 unspecified atom stereocenters. The number of sulfonamides is 1. The maximum Gasteiger partial charge on any atom is 0.255 e. The second kappa shape index (κ2) is 6.03. The summed E-state index contributed by atoms with van der Waals surface area (Å²) in [6.07, 6.45) is 2.42. The molecule has 1 saturated carbocycles. The summed E-state index contributed by atoms with van der Waals surface area (Å²) in [7, 11) is -2.43. The number of primary sulfonamides is 1. The second-order valence-electron chi connectivity index (χ2n) is 5.43. The van der Waals surface area contributed by atoms with E-state index in [1.54, 1.807) is 0 Å². The summed E-state index contributed by atoms with van der Waals surface area (Å²) in [5.41, 5.74) is 0.173. The Morgan fingerprint density at radius 2 is 2.14 bits per heavy atom. The van der Waals surface area contributed by atoms with Gasteiger partial charge in [0, 0.05) is 6.54 Å². The third kappa shape index (κ3) is 3.95. The van der Waals surface area contributed by atoms with E-state index in [4.69, 9.17) is 9.88 Å². The van der Waals surface area contributed by atoms with Gasteiger partial charge in [-0.2, -0.15) is 0 Å². The van der Waals surface area contributed by atoms with Gasteiger partial charge >= 0.3 is 0 Å². The Morgan fingerprint density at radius 1 is 1.48 bits per heavy atom. The zero-order chi connectivity index (χ0) is 15.6.